The van der Waals surface area contributed by atoms with Crippen LogP contribution in [-0.2, 0) is 0 Å². The van der Waals surface area contributed by atoms with E-state index < -0.39 is 0 Å². The highest BCUT2D eigenvalue weighted by Crippen LogP contribution is 2.30. The molecule has 0 fully saturated rings. The highest BCUT2D eigenvalue weighted by molar-refractivity contribution is 7.99. The van der Waals surface area contributed by atoms with Gasteiger partial charge in [-0.1, -0.05) is 25.1 Å². The van der Waals surface area contributed by atoms with Crippen molar-refractivity contribution in [2.45, 2.75) is 24.9 Å². The number of aromatic hydroxyl groups is 1. The number of hydrogen-bond donors (Lipinski definition) is 1. The minimum Gasteiger partial charge on any atom is -0.497 e. The molecule has 1 aromatic carbocycles. The molecule has 6 nitrogen and oxygen atoms in total. The van der Waals surface area contributed by atoms with E-state index in [2.05, 4.69) is 11.9 Å². The van der Waals surface area contributed by atoms with Gasteiger partial charge in [0.25, 0.3) is 5.56 Å². The largest absolute Gasteiger partial charge is 0.497 e. The molecule has 7 heteroatoms. The second-order valence-corrected chi connectivity index (χ2v) is 5.87. The van der Waals surface area contributed by atoms with E-state index in [1.807, 2.05) is 0 Å². The summed E-state index contributed by atoms with van der Waals surface area (Å²) in [5.41, 5.74) is 0.159. The van der Waals surface area contributed by atoms with Gasteiger partial charge in [0.15, 0.2) is 5.16 Å². The molecule has 0 saturated carbocycles. The predicted octanol–water partition coefficient (Wildman–Crippen LogP) is 2.85. The van der Waals surface area contributed by atoms with E-state index in [0.29, 0.717) is 22.3 Å². The van der Waals surface area contributed by atoms with Crippen LogP contribution in [0.25, 0.3) is 5.69 Å². The molecule has 0 saturated heterocycles. The molecule has 1 heterocycles. The van der Waals surface area contributed by atoms with Gasteiger partial charge in [-0.25, -0.2) is 0 Å². The molecule has 2 rings (SSSR count). The fourth-order valence-electron chi connectivity index (χ4n) is 2.05. The van der Waals surface area contributed by atoms with Gasteiger partial charge < -0.3 is 14.6 Å². The van der Waals surface area contributed by atoms with Crippen molar-refractivity contribution < 1.29 is 14.6 Å². The lowest BCUT2D eigenvalue weighted by Crippen LogP contribution is -2.21. The topological polar surface area (TPSA) is 73.6 Å². The van der Waals surface area contributed by atoms with Crippen LogP contribution >= 0.6 is 11.8 Å². The maximum Gasteiger partial charge on any atom is 0.262 e. The van der Waals surface area contributed by atoms with Crippen molar-refractivity contribution in [3.8, 4) is 23.1 Å². The van der Waals surface area contributed by atoms with Gasteiger partial charge in [-0.2, -0.15) is 4.98 Å². The maximum absolute atomic E-state index is 12.4. The van der Waals surface area contributed by atoms with Gasteiger partial charge in [-0.3, -0.25) is 9.36 Å². The first-order valence-corrected chi connectivity index (χ1v) is 8.27. The van der Waals surface area contributed by atoms with Gasteiger partial charge in [0.1, 0.15) is 11.5 Å². The fourth-order valence-corrected chi connectivity index (χ4v) is 3.14. The Hall–Kier alpha value is -2.15. The molecular formula is C16H20N2O4S. The van der Waals surface area contributed by atoms with E-state index in [1.54, 1.807) is 25.3 Å². The monoisotopic (exact) mass is 336 g/mol. The number of hydrogen-bond acceptors (Lipinski definition) is 6. The summed E-state index contributed by atoms with van der Waals surface area (Å²) in [6.07, 6.45) is 2.03. The zero-order valence-corrected chi connectivity index (χ0v) is 14.2. The molecular weight excluding hydrogens is 316 g/mol. The lowest BCUT2D eigenvalue weighted by atomic mass is 10.2. The second-order valence-electron chi connectivity index (χ2n) is 4.81. The Kier molecular flexibility index (Phi) is 5.92. The number of benzene rings is 1. The highest BCUT2D eigenvalue weighted by atomic mass is 32.2. The van der Waals surface area contributed by atoms with E-state index in [-0.39, 0.29) is 11.4 Å². The third-order valence-electron chi connectivity index (χ3n) is 3.23. The molecule has 0 bridgehead atoms. The smallest absolute Gasteiger partial charge is 0.262 e. The standard InChI is InChI=1S/C16H20N2O4S/c1-4-5-8-23-16-17-14(19)10-15(20)18(16)12-9-11(21-2)6-7-13(12)22-3/h6-7,9-10,19H,4-5,8H2,1-3H3. The van der Waals surface area contributed by atoms with Crippen LogP contribution in [-0.4, -0.2) is 34.6 Å². The molecule has 2 aromatic rings. The Balaban J connectivity index is 2.59. The van der Waals surface area contributed by atoms with E-state index in [0.717, 1.165) is 24.7 Å². The quantitative estimate of drug-likeness (QED) is 0.476. The molecule has 0 unspecified atom stereocenters. The summed E-state index contributed by atoms with van der Waals surface area (Å²) in [4.78, 5) is 16.5. The number of ether oxygens (including phenoxy) is 2. The molecule has 0 spiro atoms. The van der Waals surface area contributed by atoms with Crippen molar-refractivity contribution in [1.82, 2.24) is 9.55 Å². The summed E-state index contributed by atoms with van der Waals surface area (Å²) in [7, 11) is 3.09. The Bertz CT molecular complexity index is 731. The lowest BCUT2D eigenvalue weighted by molar-refractivity contribution is 0.399. The summed E-state index contributed by atoms with van der Waals surface area (Å²) >= 11 is 1.42. The summed E-state index contributed by atoms with van der Waals surface area (Å²) in [6, 6.07) is 6.28. The zero-order valence-electron chi connectivity index (χ0n) is 13.4. The molecule has 23 heavy (non-hydrogen) atoms. The summed E-state index contributed by atoms with van der Waals surface area (Å²) in [6.45, 7) is 2.09. The van der Waals surface area contributed by atoms with Crippen molar-refractivity contribution in [2.75, 3.05) is 20.0 Å². The van der Waals surface area contributed by atoms with Crippen molar-refractivity contribution in [2.24, 2.45) is 0 Å². The number of methoxy groups -OCH3 is 2. The molecule has 0 atom stereocenters. The summed E-state index contributed by atoms with van der Waals surface area (Å²) in [5, 5.41) is 10.1. The predicted molar refractivity (Wildman–Crippen MR) is 90.2 cm³/mol. The highest BCUT2D eigenvalue weighted by Gasteiger charge is 2.15. The number of rotatable bonds is 7. The zero-order chi connectivity index (χ0) is 16.8. The van der Waals surface area contributed by atoms with Crippen LogP contribution in [0.1, 0.15) is 19.8 Å². The summed E-state index contributed by atoms with van der Waals surface area (Å²) < 4.78 is 12.0. The van der Waals surface area contributed by atoms with Crippen molar-refractivity contribution >= 4 is 11.8 Å². The maximum atomic E-state index is 12.4. The van der Waals surface area contributed by atoms with Gasteiger partial charge in [-0.15, -0.1) is 0 Å². The van der Waals surface area contributed by atoms with Gasteiger partial charge >= 0.3 is 0 Å². The van der Waals surface area contributed by atoms with E-state index in [9.17, 15) is 9.90 Å². The first-order valence-electron chi connectivity index (χ1n) is 7.29. The molecule has 0 aliphatic carbocycles. The molecule has 1 aromatic heterocycles. The summed E-state index contributed by atoms with van der Waals surface area (Å²) in [5.74, 6) is 1.65. The number of nitrogens with zero attached hydrogens (tertiary/aromatic N) is 2. The van der Waals surface area contributed by atoms with Crippen molar-refractivity contribution in [3.63, 3.8) is 0 Å². The third kappa shape index (κ3) is 3.98. The van der Waals surface area contributed by atoms with Gasteiger partial charge in [-0.05, 0) is 18.6 Å². The molecule has 0 amide bonds. The minimum absolute atomic E-state index is 0.285. The first kappa shape index (κ1) is 17.2. The first-order chi connectivity index (χ1) is 11.1. The third-order valence-corrected chi connectivity index (χ3v) is 4.26. The Labute approximate surface area is 139 Å². The lowest BCUT2D eigenvalue weighted by Gasteiger charge is -2.15. The number of unbranched alkanes of at least 4 members (excludes halogenated alkanes) is 1. The fraction of sp³-hybridized carbons (Fsp3) is 0.375. The SMILES string of the molecule is CCCCSc1nc(O)cc(=O)n1-c1cc(OC)ccc1OC. The average molecular weight is 336 g/mol. The Morgan fingerprint density at radius 3 is 2.70 bits per heavy atom. The van der Waals surface area contributed by atoms with Crippen LogP contribution in [0, 0.1) is 0 Å². The second kappa shape index (κ2) is 7.92. The average Bonchev–Trinajstić information content (AvgIpc) is 2.54. The normalized spacial score (nSPS) is 10.6. The van der Waals surface area contributed by atoms with Crippen LogP contribution in [0.3, 0.4) is 0 Å². The molecule has 124 valence electrons. The molecule has 1 N–H and O–H groups in total. The van der Waals surface area contributed by atoms with Gasteiger partial charge in [0.05, 0.1) is 26.0 Å². The van der Waals surface area contributed by atoms with E-state index >= 15 is 0 Å². The van der Waals surface area contributed by atoms with E-state index in [4.69, 9.17) is 9.47 Å². The van der Waals surface area contributed by atoms with Gasteiger partial charge in [0, 0.05) is 11.8 Å². The van der Waals surface area contributed by atoms with Crippen LogP contribution in [0.4, 0.5) is 0 Å². The van der Waals surface area contributed by atoms with Crippen LogP contribution in [0.5, 0.6) is 17.4 Å². The molecule has 0 aliphatic rings. The number of thioether (sulfide) groups is 1. The molecule has 0 aliphatic heterocycles. The number of aromatic nitrogens is 2. The van der Waals surface area contributed by atoms with Crippen LogP contribution < -0.4 is 15.0 Å². The van der Waals surface area contributed by atoms with Crippen LogP contribution in [0.2, 0.25) is 0 Å². The Morgan fingerprint density at radius 2 is 2.04 bits per heavy atom. The minimum atomic E-state index is -0.372. The molecule has 0 radical (unpaired) electrons. The van der Waals surface area contributed by atoms with E-state index in [1.165, 1.54) is 23.4 Å². The Morgan fingerprint density at radius 1 is 1.26 bits per heavy atom. The van der Waals surface area contributed by atoms with Gasteiger partial charge in [0.2, 0.25) is 5.88 Å². The van der Waals surface area contributed by atoms with Crippen molar-refractivity contribution in [1.29, 1.82) is 0 Å². The van der Waals surface area contributed by atoms with Crippen molar-refractivity contribution in [3.05, 3.63) is 34.6 Å². The van der Waals surface area contributed by atoms with Crippen LogP contribution in [0.15, 0.2) is 34.2 Å².